The van der Waals surface area contributed by atoms with E-state index in [9.17, 15) is 9.18 Å². The highest BCUT2D eigenvalue weighted by molar-refractivity contribution is 7.99. The third-order valence-corrected chi connectivity index (χ3v) is 6.14. The molecule has 1 aliphatic heterocycles. The van der Waals surface area contributed by atoms with Crippen LogP contribution in [0.4, 0.5) is 4.39 Å². The molecule has 0 unspecified atom stereocenters. The second-order valence-electron chi connectivity index (χ2n) is 7.53. The molecule has 2 aromatic heterocycles. The summed E-state index contributed by atoms with van der Waals surface area (Å²) >= 11 is 1.16. The molecule has 1 atom stereocenters. The Kier molecular flexibility index (Phi) is 5.74. The fraction of sp³-hybridized carbons (Fsp3) is 0.174. The summed E-state index contributed by atoms with van der Waals surface area (Å²) in [6, 6.07) is 17.3. The number of aromatic nitrogens is 4. The molecule has 0 aliphatic carbocycles. The number of halogens is 1. The maximum atomic E-state index is 13.6. The molecule has 0 saturated heterocycles. The van der Waals surface area contributed by atoms with E-state index in [1.54, 1.807) is 24.5 Å². The zero-order chi connectivity index (χ0) is 22.8. The van der Waals surface area contributed by atoms with Crippen molar-refractivity contribution >= 4 is 23.4 Å². The van der Waals surface area contributed by atoms with Crippen molar-refractivity contribution in [2.45, 2.75) is 24.5 Å². The number of amides is 1. The third kappa shape index (κ3) is 4.42. The van der Waals surface area contributed by atoms with Gasteiger partial charge in [-0.15, -0.1) is 5.10 Å². The Morgan fingerprint density at radius 2 is 2.03 bits per heavy atom. The number of carbonyl (C=O) groups is 1. The summed E-state index contributed by atoms with van der Waals surface area (Å²) < 4.78 is 20.6. The summed E-state index contributed by atoms with van der Waals surface area (Å²) in [4.78, 5) is 13.2. The van der Waals surface area contributed by atoms with Crippen molar-refractivity contribution in [3.63, 3.8) is 0 Å². The summed E-state index contributed by atoms with van der Waals surface area (Å²) in [7, 11) is 0. The lowest BCUT2D eigenvalue weighted by atomic mass is 10.0. The minimum atomic E-state index is -0.397. The van der Waals surface area contributed by atoms with Gasteiger partial charge in [0.2, 0.25) is 5.16 Å². The van der Waals surface area contributed by atoms with Gasteiger partial charge >= 0.3 is 0 Å². The zero-order valence-electron chi connectivity index (χ0n) is 17.6. The van der Waals surface area contributed by atoms with E-state index in [1.807, 2.05) is 37.3 Å². The Bertz CT molecular complexity index is 1300. The fourth-order valence-electron chi connectivity index (χ4n) is 3.59. The van der Waals surface area contributed by atoms with Gasteiger partial charge in [-0.3, -0.25) is 4.79 Å². The largest absolute Gasteiger partial charge is 0.467 e. The monoisotopic (exact) mass is 462 g/mol. The molecule has 0 bridgehead atoms. The molecule has 0 radical (unpaired) electrons. The van der Waals surface area contributed by atoms with Crippen LogP contribution in [0, 0.1) is 12.7 Å². The van der Waals surface area contributed by atoms with Crippen LogP contribution in [-0.4, -0.2) is 42.6 Å². The molecule has 0 N–H and O–H groups in total. The predicted octanol–water partition coefficient (Wildman–Crippen LogP) is 4.17. The topological polar surface area (TPSA) is 89.4 Å². The van der Waals surface area contributed by atoms with Gasteiger partial charge in [0, 0.05) is 6.42 Å². The number of aryl methyl sites for hydroxylation is 1. The van der Waals surface area contributed by atoms with Crippen LogP contribution >= 0.6 is 11.8 Å². The molecule has 1 amide bonds. The Balaban J connectivity index is 1.36. The molecule has 4 aromatic rings. The van der Waals surface area contributed by atoms with Crippen LogP contribution in [-0.2, 0) is 4.79 Å². The molecule has 2 aromatic carbocycles. The van der Waals surface area contributed by atoms with E-state index >= 15 is 0 Å². The van der Waals surface area contributed by atoms with Gasteiger partial charge in [0.15, 0.2) is 0 Å². The maximum Gasteiger partial charge on any atom is 0.253 e. The number of hydrogen-bond donors (Lipinski definition) is 0. The number of hydrogen-bond acceptors (Lipinski definition) is 7. The zero-order valence-corrected chi connectivity index (χ0v) is 18.4. The van der Waals surface area contributed by atoms with E-state index in [2.05, 4.69) is 20.6 Å². The number of carbonyl (C=O) groups excluding carboxylic acids is 1. The van der Waals surface area contributed by atoms with Crippen LogP contribution < -0.4 is 0 Å². The molecular formula is C23H19FN6O2S. The summed E-state index contributed by atoms with van der Waals surface area (Å²) in [5.41, 5.74) is 3.42. The van der Waals surface area contributed by atoms with Gasteiger partial charge in [-0.05, 0) is 53.2 Å². The van der Waals surface area contributed by atoms with Gasteiger partial charge in [0.25, 0.3) is 5.91 Å². The Labute approximate surface area is 193 Å². The predicted molar refractivity (Wildman–Crippen MR) is 120 cm³/mol. The number of nitrogens with zero attached hydrogens (tertiary/aromatic N) is 6. The molecule has 8 nitrogen and oxygen atoms in total. The van der Waals surface area contributed by atoms with Crippen molar-refractivity contribution in [1.29, 1.82) is 0 Å². The number of hydrazone groups is 1. The fourth-order valence-corrected chi connectivity index (χ4v) is 4.34. The van der Waals surface area contributed by atoms with Gasteiger partial charge in [-0.1, -0.05) is 47.7 Å². The van der Waals surface area contributed by atoms with Gasteiger partial charge in [0.1, 0.15) is 17.6 Å². The number of rotatable bonds is 6. The van der Waals surface area contributed by atoms with Crippen molar-refractivity contribution in [1.82, 2.24) is 25.2 Å². The first kappa shape index (κ1) is 21.1. The standard InChI is InChI=1S/C23H19FN6O2S/c1-15-7-9-16(10-8-15)19-13-20(21-6-3-11-32-21)30(26-19)22(31)14-33-23-25-27-28-29(23)18-5-2-4-17(24)12-18/h2-12,20H,13-14H2,1H3/t20-/m1/s1. The number of benzene rings is 2. The molecule has 5 rings (SSSR count). The van der Waals surface area contributed by atoms with Gasteiger partial charge in [0.05, 0.1) is 23.4 Å². The number of thioether (sulfide) groups is 1. The summed E-state index contributed by atoms with van der Waals surface area (Å²) in [6.07, 6.45) is 2.14. The minimum Gasteiger partial charge on any atom is -0.467 e. The first-order valence-corrected chi connectivity index (χ1v) is 11.2. The molecule has 0 spiro atoms. The third-order valence-electron chi connectivity index (χ3n) is 5.24. The van der Waals surface area contributed by atoms with Crippen LogP contribution in [0.2, 0.25) is 0 Å². The van der Waals surface area contributed by atoms with Gasteiger partial charge < -0.3 is 4.42 Å². The van der Waals surface area contributed by atoms with Crippen molar-refractivity contribution in [2.75, 3.05) is 5.75 Å². The van der Waals surface area contributed by atoms with Crippen molar-refractivity contribution in [3.8, 4) is 5.69 Å². The van der Waals surface area contributed by atoms with Crippen molar-refractivity contribution < 1.29 is 13.6 Å². The Morgan fingerprint density at radius 3 is 2.79 bits per heavy atom. The summed E-state index contributed by atoms with van der Waals surface area (Å²) in [5.74, 6) is 0.116. The first-order chi connectivity index (χ1) is 16.1. The van der Waals surface area contributed by atoms with E-state index < -0.39 is 5.82 Å². The molecule has 0 fully saturated rings. The highest BCUT2D eigenvalue weighted by Gasteiger charge is 2.35. The Hall–Kier alpha value is -3.79. The molecule has 33 heavy (non-hydrogen) atoms. The lowest BCUT2D eigenvalue weighted by Crippen LogP contribution is -2.28. The lowest BCUT2D eigenvalue weighted by Gasteiger charge is -2.19. The molecular weight excluding hydrogens is 443 g/mol. The Morgan fingerprint density at radius 1 is 1.18 bits per heavy atom. The maximum absolute atomic E-state index is 13.6. The second kappa shape index (κ2) is 8.99. The SMILES string of the molecule is Cc1ccc(C2=NN(C(=O)CSc3nnnn3-c3cccc(F)c3)[C@@H](c3ccco3)C2)cc1. The number of tetrazole rings is 1. The highest BCUT2D eigenvalue weighted by atomic mass is 32.2. The molecule has 3 heterocycles. The normalized spacial score (nSPS) is 15.6. The second-order valence-corrected chi connectivity index (χ2v) is 8.47. The quantitative estimate of drug-likeness (QED) is 0.400. The van der Waals surface area contributed by atoms with E-state index in [-0.39, 0.29) is 17.7 Å². The molecule has 166 valence electrons. The van der Waals surface area contributed by atoms with Crippen LogP contribution in [0.15, 0.2) is 81.6 Å². The van der Waals surface area contributed by atoms with E-state index in [1.165, 1.54) is 21.8 Å². The van der Waals surface area contributed by atoms with E-state index in [4.69, 9.17) is 4.42 Å². The lowest BCUT2D eigenvalue weighted by molar-refractivity contribution is -0.130. The van der Waals surface area contributed by atoms with Crippen LogP contribution in [0.25, 0.3) is 5.69 Å². The first-order valence-electron chi connectivity index (χ1n) is 10.3. The molecule has 1 aliphatic rings. The summed E-state index contributed by atoms with van der Waals surface area (Å²) in [6.45, 7) is 2.02. The molecule has 10 heteroatoms. The van der Waals surface area contributed by atoms with Crippen LogP contribution in [0.5, 0.6) is 0 Å². The number of furan rings is 1. The molecule has 0 saturated carbocycles. The van der Waals surface area contributed by atoms with Crippen molar-refractivity contribution in [3.05, 3.63) is 89.6 Å². The van der Waals surface area contributed by atoms with E-state index in [0.717, 1.165) is 28.6 Å². The average Bonchev–Trinajstić information content (AvgIpc) is 3.58. The average molecular weight is 463 g/mol. The van der Waals surface area contributed by atoms with E-state index in [0.29, 0.717) is 23.0 Å². The summed E-state index contributed by atoms with van der Waals surface area (Å²) in [5, 5.41) is 18.1. The van der Waals surface area contributed by atoms with Crippen LogP contribution in [0.1, 0.15) is 29.3 Å². The van der Waals surface area contributed by atoms with Gasteiger partial charge in [-0.25, -0.2) is 9.40 Å². The smallest absolute Gasteiger partial charge is 0.253 e. The van der Waals surface area contributed by atoms with Crippen molar-refractivity contribution in [2.24, 2.45) is 5.10 Å². The minimum absolute atomic E-state index is 0.0532. The highest BCUT2D eigenvalue weighted by Crippen LogP contribution is 2.34. The van der Waals surface area contributed by atoms with Crippen LogP contribution in [0.3, 0.4) is 0 Å². The van der Waals surface area contributed by atoms with Gasteiger partial charge in [-0.2, -0.15) is 9.78 Å².